The predicted molar refractivity (Wildman–Crippen MR) is 109 cm³/mol. The van der Waals surface area contributed by atoms with E-state index >= 15 is 0 Å². The Morgan fingerprint density at radius 1 is 1.32 bits per heavy atom. The van der Waals surface area contributed by atoms with Crippen molar-refractivity contribution < 1.29 is 9.32 Å². The summed E-state index contributed by atoms with van der Waals surface area (Å²) in [6.45, 7) is 4.61. The van der Waals surface area contributed by atoms with Crippen LogP contribution in [0.4, 0.5) is 5.95 Å². The van der Waals surface area contributed by atoms with Gasteiger partial charge in [-0.15, -0.1) is 11.3 Å². The third-order valence-electron chi connectivity index (χ3n) is 4.91. The highest BCUT2D eigenvalue weighted by Gasteiger charge is 2.34. The molecule has 7 nitrogen and oxygen atoms in total. The third-order valence-corrected chi connectivity index (χ3v) is 5.77. The van der Waals surface area contributed by atoms with Crippen molar-refractivity contribution in [2.24, 2.45) is 0 Å². The van der Waals surface area contributed by atoms with Crippen LogP contribution in [-0.2, 0) is 0 Å². The van der Waals surface area contributed by atoms with Crippen molar-refractivity contribution in [3.63, 3.8) is 0 Å². The summed E-state index contributed by atoms with van der Waals surface area (Å²) in [5.74, 6) is 1.29. The zero-order valence-corrected chi connectivity index (χ0v) is 17.3. The van der Waals surface area contributed by atoms with Gasteiger partial charge < -0.3 is 14.3 Å². The molecule has 1 fully saturated rings. The number of aryl methyl sites for hydroxylation is 2. The first-order valence-corrected chi connectivity index (χ1v) is 10.2. The van der Waals surface area contributed by atoms with E-state index in [-0.39, 0.29) is 11.9 Å². The van der Waals surface area contributed by atoms with E-state index in [9.17, 15) is 4.79 Å². The molecule has 1 amide bonds. The average Bonchev–Trinajstić information content (AvgIpc) is 3.41. The van der Waals surface area contributed by atoms with Gasteiger partial charge >= 0.3 is 0 Å². The molecule has 0 saturated carbocycles. The molecule has 0 bridgehead atoms. The Kier molecular flexibility index (Phi) is 4.89. The predicted octanol–water partition coefficient (Wildman–Crippen LogP) is 3.85. The fourth-order valence-electron chi connectivity index (χ4n) is 3.55. The van der Waals surface area contributed by atoms with Gasteiger partial charge in [0.25, 0.3) is 5.91 Å². The van der Waals surface area contributed by atoms with Crippen LogP contribution in [0.25, 0.3) is 11.3 Å². The van der Waals surface area contributed by atoms with Crippen molar-refractivity contribution in [1.29, 1.82) is 0 Å². The van der Waals surface area contributed by atoms with Crippen molar-refractivity contribution in [2.75, 3.05) is 25.5 Å². The summed E-state index contributed by atoms with van der Waals surface area (Å²) in [4.78, 5) is 27.3. The van der Waals surface area contributed by atoms with Gasteiger partial charge in [0.1, 0.15) is 0 Å². The number of thiophene rings is 1. The monoisotopic (exact) mass is 397 g/mol. The zero-order chi connectivity index (χ0) is 19.8. The lowest BCUT2D eigenvalue weighted by atomic mass is 10.0. The minimum absolute atomic E-state index is 0.0524. The number of rotatable bonds is 4. The highest BCUT2D eigenvalue weighted by molar-refractivity contribution is 7.10. The van der Waals surface area contributed by atoms with E-state index in [2.05, 4.69) is 10.1 Å². The van der Waals surface area contributed by atoms with Gasteiger partial charge in [-0.3, -0.25) is 4.79 Å². The Morgan fingerprint density at radius 3 is 2.79 bits per heavy atom. The lowest BCUT2D eigenvalue weighted by Gasteiger charge is -2.26. The maximum absolute atomic E-state index is 13.2. The molecule has 0 aromatic carbocycles. The lowest BCUT2D eigenvalue weighted by Crippen LogP contribution is -2.31. The van der Waals surface area contributed by atoms with Crippen LogP contribution < -0.4 is 4.90 Å². The van der Waals surface area contributed by atoms with Crippen LogP contribution in [0.1, 0.15) is 45.5 Å². The number of anilines is 1. The fraction of sp³-hybridized carbons (Fsp3) is 0.400. The van der Waals surface area contributed by atoms with Gasteiger partial charge in [0, 0.05) is 43.2 Å². The molecule has 1 saturated heterocycles. The first-order chi connectivity index (χ1) is 13.4. The molecule has 4 rings (SSSR count). The van der Waals surface area contributed by atoms with Gasteiger partial charge in [-0.1, -0.05) is 5.16 Å². The number of hydrogen-bond acceptors (Lipinski definition) is 7. The smallest absolute Gasteiger partial charge is 0.255 e. The van der Waals surface area contributed by atoms with Gasteiger partial charge in [-0.25, -0.2) is 9.97 Å². The van der Waals surface area contributed by atoms with Crippen LogP contribution in [0.3, 0.4) is 0 Å². The topological polar surface area (TPSA) is 75.4 Å². The highest BCUT2D eigenvalue weighted by Crippen LogP contribution is 2.38. The molecule has 1 aliphatic rings. The van der Waals surface area contributed by atoms with E-state index in [1.165, 1.54) is 0 Å². The Hall–Kier alpha value is -2.74. The maximum atomic E-state index is 13.2. The quantitative estimate of drug-likeness (QED) is 0.666. The van der Waals surface area contributed by atoms with E-state index in [1.807, 2.05) is 55.3 Å². The Balaban J connectivity index is 1.77. The molecule has 3 aromatic heterocycles. The zero-order valence-electron chi connectivity index (χ0n) is 16.5. The van der Waals surface area contributed by atoms with E-state index in [0.717, 1.165) is 40.2 Å². The first kappa shape index (κ1) is 18.6. The number of carbonyl (C=O) groups excluding carboxylic acids is 1. The Bertz CT molecular complexity index is 1010. The number of likely N-dealkylation sites (tertiary alicyclic amines) is 1. The van der Waals surface area contributed by atoms with E-state index < -0.39 is 0 Å². The Morgan fingerprint density at radius 2 is 2.14 bits per heavy atom. The summed E-state index contributed by atoms with van der Waals surface area (Å²) in [5.41, 5.74) is 3.14. The molecule has 3 aromatic rings. The largest absolute Gasteiger partial charge is 0.356 e. The van der Waals surface area contributed by atoms with Crippen LogP contribution >= 0.6 is 11.3 Å². The first-order valence-electron chi connectivity index (χ1n) is 9.28. The summed E-state index contributed by atoms with van der Waals surface area (Å²) in [6.07, 6.45) is 3.57. The molecule has 146 valence electrons. The fourth-order valence-corrected chi connectivity index (χ4v) is 4.23. The second-order valence-electron chi connectivity index (χ2n) is 7.30. The van der Waals surface area contributed by atoms with Gasteiger partial charge in [0.2, 0.25) is 5.95 Å². The summed E-state index contributed by atoms with van der Waals surface area (Å²) >= 11 is 1.59. The number of hydrogen-bond donors (Lipinski definition) is 0. The molecule has 0 spiro atoms. The molecule has 28 heavy (non-hydrogen) atoms. The second-order valence-corrected chi connectivity index (χ2v) is 8.41. The van der Waals surface area contributed by atoms with Crippen molar-refractivity contribution >= 4 is 23.2 Å². The maximum Gasteiger partial charge on any atom is 0.255 e. The van der Waals surface area contributed by atoms with E-state index in [4.69, 9.17) is 9.51 Å². The van der Waals surface area contributed by atoms with Gasteiger partial charge in [-0.05, 0) is 32.8 Å². The number of amides is 1. The van der Waals surface area contributed by atoms with Crippen LogP contribution in [0.15, 0.2) is 28.2 Å². The molecule has 0 aliphatic carbocycles. The average molecular weight is 398 g/mol. The Labute approximate surface area is 168 Å². The SMILES string of the molecule is Cc1cc(-c2cnc(N(C)C)nc2[C@@H]2CCCN2C(=O)c2csc(C)c2)on1. The highest BCUT2D eigenvalue weighted by atomic mass is 32.1. The van der Waals surface area contributed by atoms with Crippen LogP contribution in [-0.4, -0.2) is 46.6 Å². The van der Waals surface area contributed by atoms with E-state index in [0.29, 0.717) is 18.3 Å². The van der Waals surface area contributed by atoms with E-state index in [1.54, 1.807) is 17.5 Å². The van der Waals surface area contributed by atoms with Crippen LogP contribution in [0.5, 0.6) is 0 Å². The molecule has 0 unspecified atom stereocenters. The molecular weight excluding hydrogens is 374 g/mol. The van der Waals surface area contributed by atoms with Crippen molar-refractivity contribution in [1.82, 2.24) is 20.0 Å². The molecule has 1 aliphatic heterocycles. The lowest BCUT2D eigenvalue weighted by molar-refractivity contribution is 0.0733. The summed E-state index contributed by atoms with van der Waals surface area (Å²) in [6, 6.07) is 3.71. The number of carbonyl (C=O) groups is 1. The normalized spacial score (nSPS) is 16.6. The summed E-state index contributed by atoms with van der Waals surface area (Å²) < 4.78 is 5.49. The van der Waals surface area contributed by atoms with Crippen molar-refractivity contribution in [2.45, 2.75) is 32.7 Å². The van der Waals surface area contributed by atoms with Crippen molar-refractivity contribution in [3.8, 4) is 11.3 Å². The van der Waals surface area contributed by atoms with Gasteiger partial charge in [0.15, 0.2) is 5.76 Å². The summed E-state index contributed by atoms with van der Waals surface area (Å²) in [5, 5.41) is 5.93. The van der Waals surface area contributed by atoms with Crippen LogP contribution in [0.2, 0.25) is 0 Å². The number of nitrogens with zero attached hydrogens (tertiary/aromatic N) is 5. The standard InChI is InChI=1S/C20H23N5O2S/c1-12-8-17(27-23-12)15-10-21-20(24(3)4)22-18(15)16-6-5-7-25(16)19(26)14-9-13(2)28-11-14/h8-11,16H,5-7H2,1-4H3/t16-/m0/s1. The minimum Gasteiger partial charge on any atom is -0.356 e. The van der Waals surface area contributed by atoms with Crippen molar-refractivity contribution in [3.05, 3.63) is 45.5 Å². The molecular formula is C20H23N5O2S. The molecule has 4 heterocycles. The summed E-state index contributed by atoms with van der Waals surface area (Å²) in [7, 11) is 3.81. The minimum atomic E-state index is -0.116. The molecule has 0 N–H and O–H groups in total. The molecule has 1 atom stereocenters. The molecule has 8 heteroatoms. The second kappa shape index (κ2) is 7.35. The number of aromatic nitrogens is 3. The van der Waals surface area contributed by atoms with Crippen LogP contribution in [0, 0.1) is 13.8 Å². The third kappa shape index (κ3) is 3.40. The van der Waals surface area contributed by atoms with Gasteiger partial charge in [0.05, 0.1) is 28.6 Å². The molecule has 0 radical (unpaired) electrons. The van der Waals surface area contributed by atoms with Gasteiger partial charge in [-0.2, -0.15) is 0 Å².